The second kappa shape index (κ2) is 7.07. The van der Waals surface area contributed by atoms with Crippen LogP contribution in [-0.2, 0) is 0 Å². The summed E-state index contributed by atoms with van der Waals surface area (Å²) in [7, 11) is 0. The van der Waals surface area contributed by atoms with E-state index in [0.29, 0.717) is 5.69 Å². The van der Waals surface area contributed by atoms with Gasteiger partial charge in [-0.25, -0.2) is 4.98 Å². The highest BCUT2D eigenvalue weighted by atomic mass is 16.3. The van der Waals surface area contributed by atoms with Crippen LogP contribution in [0.25, 0.3) is 6.08 Å². The number of rotatable bonds is 3. The molecule has 1 saturated heterocycles. The molecule has 3 rings (SSSR count). The molecule has 1 aliphatic heterocycles. The molecule has 114 valence electrons. The summed E-state index contributed by atoms with van der Waals surface area (Å²) in [6.45, 7) is 0.773. The number of carbonyl (C=O) groups excluding carboxylic acids is 1. The van der Waals surface area contributed by atoms with Gasteiger partial charge in [0.1, 0.15) is 6.26 Å². The van der Waals surface area contributed by atoms with Crippen molar-refractivity contribution in [2.24, 2.45) is 0 Å². The molecule has 2 aromatic rings. The van der Waals surface area contributed by atoms with Crippen molar-refractivity contribution < 1.29 is 9.21 Å². The zero-order valence-electron chi connectivity index (χ0n) is 12.5. The molecule has 0 spiro atoms. The molecule has 1 unspecified atom stereocenters. The summed E-state index contributed by atoms with van der Waals surface area (Å²) in [5.41, 5.74) is 1.54. The Hall–Kier alpha value is -2.36. The summed E-state index contributed by atoms with van der Waals surface area (Å²) in [5, 5.41) is 0. The van der Waals surface area contributed by atoms with E-state index in [2.05, 4.69) is 29.3 Å². The number of hydrogen-bond acceptors (Lipinski definition) is 3. The van der Waals surface area contributed by atoms with Crippen LogP contribution < -0.4 is 0 Å². The fourth-order valence-corrected chi connectivity index (χ4v) is 2.84. The maximum absolute atomic E-state index is 12.6. The van der Waals surface area contributed by atoms with Gasteiger partial charge >= 0.3 is 0 Å². The smallest absolute Gasteiger partial charge is 0.276 e. The second-order valence-corrected chi connectivity index (χ2v) is 5.56. The van der Waals surface area contributed by atoms with Crippen LogP contribution in [0.5, 0.6) is 0 Å². The predicted molar refractivity (Wildman–Crippen MR) is 85.3 cm³/mol. The maximum Gasteiger partial charge on any atom is 0.276 e. The Morgan fingerprint density at radius 1 is 1.23 bits per heavy atom. The second-order valence-electron chi connectivity index (χ2n) is 5.56. The lowest BCUT2D eigenvalue weighted by Gasteiger charge is -2.27. The highest BCUT2D eigenvalue weighted by molar-refractivity contribution is 5.92. The number of hydrogen-bond donors (Lipinski definition) is 0. The lowest BCUT2D eigenvalue weighted by atomic mass is 10.1. The van der Waals surface area contributed by atoms with Gasteiger partial charge in [0.25, 0.3) is 5.91 Å². The first-order valence-corrected chi connectivity index (χ1v) is 7.77. The molecule has 1 amide bonds. The average molecular weight is 296 g/mol. The monoisotopic (exact) mass is 296 g/mol. The van der Waals surface area contributed by atoms with Crippen LogP contribution in [0.1, 0.15) is 41.7 Å². The van der Waals surface area contributed by atoms with E-state index in [-0.39, 0.29) is 11.9 Å². The molecule has 4 heteroatoms. The summed E-state index contributed by atoms with van der Waals surface area (Å²) in [5.74, 6) is -0.0432. The zero-order valence-corrected chi connectivity index (χ0v) is 12.5. The quantitative estimate of drug-likeness (QED) is 0.866. The summed E-state index contributed by atoms with van der Waals surface area (Å²) in [4.78, 5) is 18.5. The Bertz CT molecular complexity index is 620. The van der Waals surface area contributed by atoms with E-state index in [1.165, 1.54) is 12.7 Å². The van der Waals surface area contributed by atoms with Crippen LogP contribution in [0.4, 0.5) is 0 Å². The Labute approximate surface area is 130 Å². The van der Waals surface area contributed by atoms with Gasteiger partial charge in [0.05, 0.1) is 6.04 Å². The fourth-order valence-electron chi connectivity index (χ4n) is 2.84. The van der Waals surface area contributed by atoms with Gasteiger partial charge in [-0.15, -0.1) is 0 Å². The Morgan fingerprint density at radius 2 is 2.09 bits per heavy atom. The standard InChI is InChI=1S/C18H20N2O2/c21-18(17-13-22-14-19-17)20-12-6-2-5-9-16(20)11-10-15-7-3-1-4-8-15/h1,3-4,7-8,10-11,13-14,16H,2,5-6,9,12H2/b11-10+. The van der Waals surface area contributed by atoms with Crippen molar-refractivity contribution in [3.63, 3.8) is 0 Å². The number of aromatic nitrogens is 1. The number of likely N-dealkylation sites (tertiary alicyclic amines) is 1. The molecule has 1 fully saturated rings. The van der Waals surface area contributed by atoms with E-state index in [4.69, 9.17) is 4.42 Å². The van der Waals surface area contributed by atoms with Gasteiger partial charge in [0.2, 0.25) is 0 Å². The molecule has 0 radical (unpaired) electrons. The molecule has 0 saturated carbocycles. The van der Waals surface area contributed by atoms with E-state index < -0.39 is 0 Å². The third kappa shape index (κ3) is 3.45. The van der Waals surface area contributed by atoms with Crippen molar-refractivity contribution in [1.29, 1.82) is 0 Å². The third-order valence-electron chi connectivity index (χ3n) is 4.02. The van der Waals surface area contributed by atoms with Crippen LogP contribution in [0.3, 0.4) is 0 Å². The van der Waals surface area contributed by atoms with Gasteiger partial charge < -0.3 is 9.32 Å². The van der Waals surface area contributed by atoms with Crippen LogP contribution >= 0.6 is 0 Å². The number of oxazole rings is 1. The van der Waals surface area contributed by atoms with Crippen molar-refractivity contribution in [3.8, 4) is 0 Å². The van der Waals surface area contributed by atoms with Crippen molar-refractivity contribution in [3.05, 3.63) is 60.3 Å². The molecule has 4 nitrogen and oxygen atoms in total. The van der Waals surface area contributed by atoms with E-state index in [9.17, 15) is 4.79 Å². The van der Waals surface area contributed by atoms with Crippen LogP contribution in [0.2, 0.25) is 0 Å². The lowest BCUT2D eigenvalue weighted by Crippen LogP contribution is -2.39. The van der Waals surface area contributed by atoms with Crippen LogP contribution in [0, 0.1) is 0 Å². The molecule has 1 aromatic carbocycles. The lowest BCUT2D eigenvalue weighted by molar-refractivity contribution is 0.0712. The molecule has 1 atom stereocenters. The molecular weight excluding hydrogens is 276 g/mol. The van der Waals surface area contributed by atoms with Crippen LogP contribution in [-0.4, -0.2) is 28.4 Å². The van der Waals surface area contributed by atoms with Crippen molar-refractivity contribution >= 4 is 12.0 Å². The topological polar surface area (TPSA) is 46.3 Å². The van der Waals surface area contributed by atoms with Crippen molar-refractivity contribution in [1.82, 2.24) is 9.88 Å². The number of carbonyl (C=O) groups is 1. The summed E-state index contributed by atoms with van der Waals surface area (Å²) < 4.78 is 4.95. The minimum absolute atomic E-state index is 0.0432. The third-order valence-corrected chi connectivity index (χ3v) is 4.02. The largest absolute Gasteiger partial charge is 0.451 e. The van der Waals surface area contributed by atoms with Crippen molar-refractivity contribution in [2.45, 2.75) is 31.7 Å². The van der Waals surface area contributed by atoms with Gasteiger partial charge in [-0.3, -0.25) is 4.79 Å². The highest BCUT2D eigenvalue weighted by Crippen LogP contribution is 2.20. The molecule has 0 N–H and O–H groups in total. The summed E-state index contributed by atoms with van der Waals surface area (Å²) >= 11 is 0. The first-order chi connectivity index (χ1) is 10.8. The van der Waals surface area contributed by atoms with Gasteiger partial charge in [0, 0.05) is 6.54 Å². The molecule has 2 heterocycles. The molecule has 0 aliphatic carbocycles. The zero-order chi connectivity index (χ0) is 15.2. The normalized spacial score (nSPS) is 19.3. The maximum atomic E-state index is 12.6. The van der Waals surface area contributed by atoms with E-state index in [1.54, 1.807) is 0 Å². The van der Waals surface area contributed by atoms with Gasteiger partial charge in [-0.05, 0) is 18.4 Å². The summed E-state index contributed by atoms with van der Waals surface area (Å²) in [6, 6.07) is 10.3. The minimum Gasteiger partial charge on any atom is -0.451 e. The first kappa shape index (κ1) is 14.6. The SMILES string of the molecule is O=C(c1cocn1)N1CCCCCC1/C=C/c1ccccc1. The average Bonchev–Trinajstić information content (AvgIpc) is 2.99. The van der Waals surface area contributed by atoms with E-state index >= 15 is 0 Å². The summed E-state index contributed by atoms with van der Waals surface area (Å²) in [6.07, 6.45) is 11.3. The molecule has 0 bridgehead atoms. The predicted octanol–water partition coefficient (Wildman–Crippen LogP) is 3.77. The number of nitrogens with zero attached hydrogens (tertiary/aromatic N) is 2. The van der Waals surface area contributed by atoms with Gasteiger partial charge in [-0.1, -0.05) is 55.3 Å². The molecule has 1 aliphatic rings. The van der Waals surface area contributed by atoms with Gasteiger partial charge in [-0.2, -0.15) is 0 Å². The number of amides is 1. The minimum atomic E-state index is -0.0432. The van der Waals surface area contributed by atoms with E-state index in [0.717, 1.165) is 37.8 Å². The Morgan fingerprint density at radius 3 is 2.86 bits per heavy atom. The highest BCUT2D eigenvalue weighted by Gasteiger charge is 2.25. The Balaban J connectivity index is 1.79. The first-order valence-electron chi connectivity index (χ1n) is 7.77. The molecular formula is C18H20N2O2. The Kier molecular flexibility index (Phi) is 4.68. The van der Waals surface area contributed by atoms with Gasteiger partial charge in [0.15, 0.2) is 12.1 Å². The van der Waals surface area contributed by atoms with Crippen molar-refractivity contribution in [2.75, 3.05) is 6.54 Å². The van der Waals surface area contributed by atoms with Crippen LogP contribution in [0.15, 0.2) is 53.5 Å². The number of benzene rings is 1. The molecule has 22 heavy (non-hydrogen) atoms. The fraction of sp³-hybridized carbons (Fsp3) is 0.333. The van der Waals surface area contributed by atoms with E-state index in [1.807, 2.05) is 23.1 Å². The molecule has 1 aromatic heterocycles.